The zero-order valence-corrected chi connectivity index (χ0v) is 10.1. The van der Waals surface area contributed by atoms with E-state index in [9.17, 15) is 4.79 Å². The largest absolute Gasteiger partial charge is 0.337 e. The molecule has 1 heterocycles. The van der Waals surface area contributed by atoms with Gasteiger partial charge in [-0.1, -0.05) is 6.92 Å². The van der Waals surface area contributed by atoms with Crippen LogP contribution in [-0.2, 0) is 4.79 Å². The van der Waals surface area contributed by atoms with Gasteiger partial charge in [-0.05, 0) is 33.5 Å². The Bertz CT molecular complexity index is 200. The lowest BCUT2D eigenvalue weighted by molar-refractivity contribution is -0.133. The molecule has 0 bridgehead atoms. The molecule has 1 N–H and O–H groups in total. The number of nitrogens with one attached hydrogen (secondary N) is 1. The number of nitrogens with zero attached hydrogens (tertiary/aromatic N) is 2. The summed E-state index contributed by atoms with van der Waals surface area (Å²) in [6, 6.07) is 0.414. The summed E-state index contributed by atoms with van der Waals surface area (Å²) < 4.78 is 0. The van der Waals surface area contributed by atoms with Gasteiger partial charge in [0.25, 0.3) is 0 Å². The predicted molar refractivity (Wildman–Crippen MR) is 61.8 cm³/mol. The van der Waals surface area contributed by atoms with Crippen molar-refractivity contribution in [1.29, 1.82) is 0 Å². The molecule has 1 aliphatic rings. The van der Waals surface area contributed by atoms with E-state index in [0.717, 1.165) is 32.5 Å². The Kier molecular flexibility index (Phi) is 5.05. The molecule has 1 unspecified atom stereocenters. The van der Waals surface area contributed by atoms with Gasteiger partial charge in [0, 0.05) is 19.1 Å². The number of hydrogen-bond acceptors (Lipinski definition) is 3. The molecule has 1 aliphatic heterocycles. The Morgan fingerprint density at radius 3 is 2.67 bits per heavy atom. The van der Waals surface area contributed by atoms with Gasteiger partial charge in [0.15, 0.2) is 0 Å². The van der Waals surface area contributed by atoms with Crippen molar-refractivity contribution in [3.8, 4) is 0 Å². The van der Waals surface area contributed by atoms with E-state index in [1.54, 1.807) is 0 Å². The van der Waals surface area contributed by atoms with Crippen LogP contribution in [0.4, 0.5) is 0 Å². The highest BCUT2D eigenvalue weighted by molar-refractivity contribution is 5.78. The van der Waals surface area contributed by atoms with Crippen molar-refractivity contribution in [2.75, 3.05) is 40.3 Å². The molecule has 4 heteroatoms. The van der Waals surface area contributed by atoms with Gasteiger partial charge in [-0.25, -0.2) is 0 Å². The maximum Gasteiger partial charge on any atom is 0.237 e. The summed E-state index contributed by atoms with van der Waals surface area (Å²) in [5, 5.41) is 3.31. The lowest BCUT2D eigenvalue weighted by Crippen LogP contribution is -2.45. The highest BCUT2D eigenvalue weighted by atomic mass is 16.2. The fraction of sp³-hybridized carbons (Fsp3) is 0.909. The van der Waals surface area contributed by atoms with E-state index >= 15 is 0 Å². The van der Waals surface area contributed by atoms with Crippen LogP contribution in [0.3, 0.4) is 0 Å². The van der Waals surface area contributed by atoms with Gasteiger partial charge < -0.3 is 15.1 Å². The summed E-state index contributed by atoms with van der Waals surface area (Å²) in [6.45, 7) is 5.53. The minimum absolute atomic E-state index is 0.260. The quantitative estimate of drug-likeness (QED) is 0.706. The standard InChI is InChI=1S/C11H23N3O/c1-4-7-14(10-5-6-12-8-10)11(15)9-13(2)3/h10,12H,4-9H2,1-3H3. The zero-order chi connectivity index (χ0) is 11.3. The van der Waals surface area contributed by atoms with Crippen LogP contribution >= 0.6 is 0 Å². The number of carbonyl (C=O) groups excluding carboxylic acids is 1. The average Bonchev–Trinajstić information content (AvgIpc) is 2.65. The molecule has 0 aliphatic carbocycles. The second-order valence-electron chi connectivity index (χ2n) is 4.47. The maximum absolute atomic E-state index is 12.0. The third-order valence-corrected chi connectivity index (χ3v) is 2.71. The van der Waals surface area contributed by atoms with Crippen LogP contribution < -0.4 is 5.32 Å². The fourth-order valence-corrected chi connectivity index (χ4v) is 2.02. The highest BCUT2D eigenvalue weighted by Crippen LogP contribution is 2.09. The minimum atomic E-state index is 0.260. The fourth-order valence-electron chi connectivity index (χ4n) is 2.02. The van der Waals surface area contributed by atoms with Crippen LogP contribution in [0.1, 0.15) is 19.8 Å². The maximum atomic E-state index is 12.0. The van der Waals surface area contributed by atoms with Crippen LogP contribution in [0.2, 0.25) is 0 Å². The summed E-state index contributed by atoms with van der Waals surface area (Å²) in [6.07, 6.45) is 2.13. The summed E-state index contributed by atoms with van der Waals surface area (Å²) in [5.41, 5.74) is 0. The molecular formula is C11H23N3O. The van der Waals surface area contributed by atoms with Crippen LogP contribution in [0.15, 0.2) is 0 Å². The first-order valence-electron chi connectivity index (χ1n) is 5.80. The molecule has 1 fully saturated rings. The summed E-state index contributed by atoms with van der Waals surface area (Å²) in [4.78, 5) is 16.0. The Morgan fingerprint density at radius 2 is 2.20 bits per heavy atom. The number of hydrogen-bond donors (Lipinski definition) is 1. The van der Waals surface area contributed by atoms with E-state index < -0.39 is 0 Å². The van der Waals surface area contributed by atoms with Crippen molar-refractivity contribution in [3.63, 3.8) is 0 Å². The Morgan fingerprint density at radius 1 is 1.47 bits per heavy atom. The van der Waals surface area contributed by atoms with E-state index in [1.165, 1.54) is 0 Å². The van der Waals surface area contributed by atoms with E-state index in [4.69, 9.17) is 0 Å². The van der Waals surface area contributed by atoms with Gasteiger partial charge >= 0.3 is 0 Å². The lowest BCUT2D eigenvalue weighted by atomic mass is 10.2. The molecule has 0 aromatic carbocycles. The molecule has 0 spiro atoms. The Hall–Kier alpha value is -0.610. The van der Waals surface area contributed by atoms with Crippen LogP contribution in [-0.4, -0.2) is 62.0 Å². The second-order valence-corrected chi connectivity index (χ2v) is 4.47. The van der Waals surface area contributed by atoms with E-state index in [1.807, 2.05) is 23.9 Å². The van der Waals surface area contributed by atoms with Crippen molar-refractivity contribution in [1.82, 2.24) is 15.1 Å². The Labute approximate surface area is 92.6 Å². The topological polar surface area (TPSA) is 35.6 Å². The molecule has 1 saturated heterocycles. The first-order valence-corrected chi connectivity index (χ1v) is 5.80. The van der Waals surface area contributed by atoms with E-state index in [2.05, 4.69) is 12.2 Å². The minimum Gasteiger partial charge on any atom is -0.337 e. The summed E-state index contributed by atoms with van der Waals surface area (Å²) in [5.74, 6) is 0.260. The second kappa shape index (κ2) is 6.08. The van der Waals surface area contributed by atoms with Gasteiger partial charge in [-0.2, -0.15) is 0 Å². The predicted octanol–water partition coefficient (Wildman–Crippen LogP) is 0.149. The van der Waals surface area contributed by atoms with Gasteiger partial charge in [0.1, 0.15) is 0 Å². The highest BCUT2D eigenvalue weighted by Gasteiger charge is 2.25. The van der Waals surface area contributed by atoms with E-state index in [-0.39, 0.29) is 5.91 Å². The van der Waals surface area contributed by atoms with Crippen LogP contribution in [0, 0.1) is 0 Å². The molecule has 0 aromatic heterocycles. The molecule has 4 nitrogen and oxygen atoms in total. The van der Waals surface area contributed by atoms with Crippen LogP contribution in [0.25, 0.3) is 0 Å². The molecular weight excluding hydrogens is 190 g/mol. The monoisotopic (exact) mass is 213 g/mol. The van der Waals surface area contributed by atoms with Crippen molar-refractivity contribution >= 4 is 5.91 Å². The lowest BCUT2D eigenvalue weighted by Gasteiger charge is -2.29. The first kappa shape index (κ1) is 12.5. The average molecular weight is 213 g/mol. The number of likely N-dealkylation sites (N-methyl/N-ethyl adjacent to an activating group) is 1. The van der Waals surface area contributed by atoms with E-state index in [0.29, 0.717) is 12.6 Å². The van der Waals surface area contributed by atoms with Gasteiger partial charge in [0.05, 0.1) is 6.54 Å². The molecule has 1 amide bonds. The molecule has 0 radical (unpaired) electrons. The van der Waals surface area contributed by atoms with Crippen molar-refractivity contribution < 1.29 is 4.79 Å². The third-order valence-electron chi connectivity index (χ3n) is 2.71. The van der Waals surface area contributed by atoms with Crippen molar-refractivity contribution in [2.24, 2.45) is 0 Å². The molecule has 1 atom stereocenters. The van der Waals surface area contributed by atoms with Gasteiger partial charge in [0.2, 0.25) is 5.91 Å². The number of carbonyl (C=O) groups is 1. The molecule has 0 aromatic rings. The first-order chi connectivity index (χ1) is 7.15. The molecule has 15 heavy (non-hydrogen) atoms. The van der Waals surface area contributed by atoms with Crippen LogP contribution in [0.5, 0.6) is 0 Å². The molecule has 1 rings (SSSR count). The zero-order valence-electron chi connectivity index (χ0n) is 10.1. The Balaban J connectivity index is 2.51. The smallest absolute Gasteiger partial charge is 0.237 e. The van der Waals surface area contributed by atoms with Gasteiger partial charge in [-0.3, -0.25) is 4.79 Å². The normalized spacial score (nSPS) is 20.9. The van der Waals surface area contributed by atoms with Gasteiger partial charge in [-0.15, -0.1) is 0 Å². The van der Waals surface area contributed by atoms with Crippen molar-refractivity contribution in [2.45, 2.75) is 25.8 Å². The summed E-state index contributed by atoms with van der Waals surface area (Å²) >= 11 is 0. The molecule has 0 saturated carbocycles. The molecule has 88 valence electrons. The summed E-state index contributed by atoms with van der Waals surface area (Å²) in [7, 11) is 3.88. The number of amides is 1. The SMILES string of the molecule is CCCN(C(=O)CN(C)C)C1CCNC1. The third kappa shape index (κ3) is 3.80. The van der Waals surface area contributed by atoms with Crippen molar-refractivity contribution in [3.05, 3.63) is 0 Å². The number of rotatable bonds is 5.